The van der Waals surface area contributed by atoms with Gasteiger partial charge in [-0.15, -0.1) is 0 Å². The van der Waals surface area contributed by atoms with Gasteiger partial charge in [-0.3, -0.25) is 19.9 Å². The molecule has 0 radical (unpaired) electrons. The van der Waals surface area contributed by atoms with Gasteiger partial charge >= 0.3 is 0 Å². The molecule has 0 aromatic heterocycles. The maximum absolute atomic E-state index is 12.2. The summed E-state index contributed by atoms with van der Waals surface area (Å²) in [6, 6.07) is 11.1. The number of anilines is 1. The van der Waals surface area contributed by atoms with E-state index in [0.29, 0.717) is 23.8 Å². The Balaban J connectivity index is 1.69. The number of benzene rings is 2. The normalized spacial score (nSPS) is 12.9. The summed E-state index contributed by atoms with van der Waals surface area (Å²) < 4.78 is 12.0. The fraction of sp³-hybridized carbons (Fsp3) is 0.263. The van der Waals surface area contributed by atoms with Crippen LogP contribution in [0.5, 0.6) is 17.2 Å². The van der Waals surface area contributed by atoms with Crippen LogP contribution in [0.15, 0.2) is 47.5 Å². The third-order valence-electron chi connectivity index (χ3n) is 3.64. The van der Waals surface area contributed by atoms with Gasteiger partial charge in [0.25, 0.3) is 5.69 Å². The topological polar surface area (TPSA) is 103 Å². The van der Waals surface area contributed by atoms with E-state index in [0.717, 1.165) is 16.7 Å². The Kier molecular flexibility index (Phi) is 7.36. The van der Waals surface area contributed by atoms with Crippen molar-refractivity contribution in [3.8, 4) is 17.2 Å². The molecule has 2 aromatic carbocycles. The second-order valence-electron chi connectivity index (χ2n) is 5.81. The number of hydrogen-bond acceptors (Lipinski definition) is 8. The van der Waals surface area contributed by atoms with Crippen molar-refractivity contribution in [2.24, 2.45) is 4.99 Å². The fourth-order valence-corrected chi connectivity index (χ4v) is 4.26. The molecule has 0 atom stereocenters. The molecule has 0 bridgehead atoms. The molecule has 1 heterocycles. The Morgan fingerprint density at radius 1 is 1.24 bits per heavy atom. The lowest BCUT2D eigenvalue weighted by atomic mass is 10.2. The van der Waals surface area contributed by atoms with E-state index in [1.54, 1.807) is 42.1 Å². The largest absolute Gasteiger partial charge is 0.494 e. The van der Waals surface area contributed by atoms with E-state index in [9.17, 15) is 14.9 Å². The van der Waals surface area contributed by atoms with Crippen LogP contribution in [0.25, 0.3) is 0 Å². The average molecular weight is 434 g/mol. The number of nitro groups is 1. The molecule has 8 nitrogen and oxygen atoms in total. The van der Waals surface area contributed by atoms with Gasteiger partial charge in [0.05, 0.1) is 35.6 Å². The number of carbonyl (C=O) groups is 1. The van der Waals surface area contributed by atoms with Crippen LogP contribution in [0.3, 0.4) is 0 Å². The first kappa shape index (κ1) is 21.0. The van der Waals surface area contributed by atoms with E-state index < -0.39 is 4.92 Å². The first-order valence-electron chi connectivity index (χ1n) is 8.83. The number of carbonyl (C=O) groups excluding carboxylic acids is 1. The molecule has 0 saturated heterocycles. The molecule has 29 heavy (non-hydrogen) atoms. The predicted octanol–water partition coefficient (Wildman–Crippen LogP) is 4.56. The number of nitrogens with one attached hydrogen (secondary N) is 1. The molecule has 0 unspecified atom stereocenters. The van der Waals surface area contributed by atoms with Crippen molar-refractivity contribution in [2.45, 2.75) is 6.92 Å². The van der Waals surface area contributed by atoms with Crippen LogP contribution in [-0.4, -0.2) is 39.9 Å². The SMILES string of the molecule is CCOc1ccc(Oc2cc(NC(=O)CSC3=NCCS3)cc([N+](=O)[O-])c2)cc1. The quantitative estimate of drug-likeness (QED) is 0.481. The Hall–Kier alpha value is -2.72. The Bertz CT molecular complexity index is 919. The van der Waals surface area contributed by atoms with Gasteiger partial charge in [-0.25, -0.2) is 0 Å². The summed E-state index contributed by atoms with van der Waals surface area (Å²) in [5.74, 6) is 2.30. The minimum Gasteiger partial charge on any atom is -0.494 e. The third kappa shape index (κ3) is 6.40. The number of thioether (sulfide) groups is 2. The number of aliphatic imine (C=N–C) groups is 1. The second-order valence-corrected chi connectivity index (χ2v) is 8.12. The van der Waals surface area contributed by atoms with Gasteiger partial charge in [0, 0.05) is 17.9 Å². The molecule has 2 aromatic rings. The lowest BCUT2D eigenvalue weighted by Gasteiger charge is -2.10. The summed E-state index contributed by atoms with van der Waals surface area (Å²) in [6.45, 7) is 3.21. The van der Waals surface area contributed by atoms with Gasteiger partial charge in [0.1, 0.15) is 21.6 Å². The van der Waals surface area contributed by atoms with Gasteiger partial charge in [0.2, 0.25) is 5.91 Å². The number of hydrogen-bond donors (Lipinski definition) is 1. The highest BCUT2D eigenvalue weighted by atomic mass is 32.2. The molecule has 10 heteroatoms. The van der Waals surface area contributed by atoms with Crippen molar-refractivity contribution in [2.75, 3.05) is 30.0 Å². The molecule has 0 fully saturated rings. The number of ether oxygens (including phenoxy) is 2. The maximum atomic E-state index is 12.2. The van der Waals surface area contributed by atoms with E-state index >= 15 is 0 Å². The Morgan fingerprint density at radius 2 is 2.00 bits per heavy atom. The first-order chi connectivity index (χ1) is 14.0. The van der Waals surface area contributed by atoms with Crippen LogP contribution in [0.2, 0.25) is 0 Å². The number of nitro benzene ring substituents is 1. The zero-order chi connectivity index (χ0) is 20.6. The fourth-order valence-electron chi connectivity index (χ4n) is 2.45. The van der Waals surface area contributed by atoms with Crippen molar-refractivity contribution >= 4 is 45.2 Å². The molecule has 152 valence electrons. The third-order valence-corrected chi connectivity index (χ3v) is 5.89. The maximum Gasteiger partial charge on any atom is 0.275 e. The molecule has 0 spiro atoms. The molecule has 1 aliphatic rings. The first-order valence-corrected chi connectivity index (χ1v) is 10.8. The molecule has 1 N–H and O–H groups in total. The second kappa shape index (κ2) is 10.2. The molecule has 1 amide bonds. The van der Waals surface area contributed by atoms with Crippen LogP contribution in [0.1, 0.15) is 6.92 Å². The van der Waals surface area contributed by atoms with Crippen LogP contribution in [0, 0.1) is 10.1 Å². The summed E-state index contributed by atoms with van der Waals surface area (Å²) >= 11 is 2.98. The monoisotopic (exact) mass is 433 g/mol. The van der Waals surface area contributed by atoms with Crippen LogP contribution in [0.4, 0.5) is 11.4 Å². The highest BCUT2D eigenvalue weighted by molar-refractivity contribution is 8.39. The van der Waals surface area contributed by atoms with Crippen molar-refractivity contribution in [3.63, 3.8) is 0 Å². The highest BCUT2D eigenvalue weighted by Gasteiger charge is 2.15. The number of non-ortho nitro benzene ring substituents is 1. The number of amides is 1. The van der Waals surface area contributed by atoms with E-state index in [-0.39, 0.29) is 23.1 Å². The van der Waals surface area contributed by atoms with Crippen molar-refractivity contribution < 1.29 is 19.2 Å². The van der Waals surface area contributed by atoms with Crippen LogP contribution in [-0.2, 0) is 4.79 Å². The average Bonchev–Trinajstić information content (AvgIpc) is 3.22. The van der Waals surface area contributed by atoms with E-state index in [2.05, 4.69) is 10.3 Å². The summed E-state index contributed by atoms with van der Waals surface area (Å²) in [4.78, 5) is 27.2. The zero-order valence-corrected chi connectivity index (χ0v) is 17.3. The predicted molar refractivity (Wildman–Crippen MR) is 117 cm³/mol. The van der Waals surface area contributed by atoms with Crippen molar-refractivity contribution in [1.82, 2.24) is 0 Å². The standard InChI is InChI=1S/C19H19N3O5S2/c1-2-26-15-3-5-16(6-4-15)27-17-10-13(9-14(11-17)22(24)25)21-18(23)12-29-19-20-7-8-28-19/h3-6,9-11H,2,7-8,12H2,1H3,(H,21,23). The van der Waals surface area contributed by atoms with Gasteiger partial charge < -0.3 is 14.8 Å². The zero-order valence-electron chi connectivity index (χ0n) is 15.6. The van der Waals surface area contributed by atoms with E-state index in [1.807, 2.05) is 6.92 Å². The highest BCUT2D eigenvalue weighted by Crippen LogP contribution is 2.31. The molecule has 1 aliphatic heterocycles. The lowest BCUT2D eigenvalue weighted by Crippen LogP contribution is -2.15. The minimum absolute atomic E-state index is 0.174. The van der Waals surface area contributed by atoms with Gasteiger partial charge in [0.15, 0.2) is 0 Å². The summed E-state index contributed by atoms with van der Waals surface area (Å²) in [5, 5.41) is 13.9. The van der Waals surface area contributed by atoms with Gasteiger partial charge in [-0.1, -0.05) is 23.5 Å². The number of nitrogens with zero attached hydrogens (tertiary/aromatic N) is 2. The summed E-state index contributed by atoms with van der Waals surface area (Å²) in [7, 11) is 0. The lowest BCUT2D eigenvalue weighted by molar-refractivity contribution is -0.384. The summed E-state index contributed by atoms with van der Waals surface area (Å²) in [5.41, 5.74) is 0.124. The van der Waals surface area contributed by atoms with Crippen LogP contribution < -0.4 is 14.8 Å². The van der Waals surface area contributed by atoms with Gasteiger partial charge in [-0.05, 0) is 31.2 Å². The van der Waals surface area contributed by atoms with E-state index in [4.69, 9.17) is 9.47 Å². The van der Waals surface area contributed by atoms with E-state index in [1.165, 1.54) is 23.9 Å². The molecular formula is C19H19N3O5S2. The van der Waals surface area contributed by atoms with Crippen LogP contribution >= 0.6 is 23.5 Å². The molecular weight excluding hydrogens is 414 g/mol. The van der Waals surface area contributed by atoms with Crippen molar-refractivity contribution in [1.29, 1.82) is 0 Å². The Morgan fingerprint density at radius 3 is 2.66 bits per heavy atom. The summed E-state index contributed by atoms with van der Waals surface area (Å²) in [6.07, 6.45) is 0. The minimum atomic E-state index is -0.528. The smallest absolute Gasteiger partial charge is 0.275 e. The number of rotatable bonds is 8. The Labute approximate surface area is 176 Å². The molecule has 3 rings (SSSR count). The molecule has 0 saturated carbocycles. The van der Waals surface area contributed by atoms with Gasteiger partial charge in [-0.2, -0.15) is 0 Å². The molecule has 0 aliphatic carbocycles. The van der Waals surface area contributed by atoms with Crippen molar-refractivity contribution in [3.05, 3.63) is 52.6 Å².